The van der Waals surface area contributed by atoms with Crippen LogP contribution in [0.5, 0.6) is 0 Å². The minimum Gasteiger partial charge on any atom is -0.331 e. The van der Waals surface area contributed by atoms with Crippen molar-refractivity contribution in [1.29, 1.82) is 0 Å². The maximum Gasteiger partial charge on any atom is 0.176 e. The lowest BCUT2D eigenvalue weighted by molar-refractivity contribution is 0.601. The fourth-order valence-electron chi connectivity index (χ4n) is 2.53. The van der Waals surface area contributed by atoms with Gasteiger partial charge in [-0.15, -0.1) is 0 Å². The Morgan fingerprint density at radius 3 is 2.17 bits per heavy atom. The Hall–Kier alpha value is -2.41. The van der Waals surface area contributed by atoms with E-state index in [1.54, 1.807) is 24.5 Å². The van der Waals surface area contributed by atoms with Crippen LogP contribution in [0, 0.1) is 0 Å². The van der Waals surface area contributed by atoms with E-state index in [0.717, 1.165) is 17.2 Å². The fourth-order valence-corrected chi connectivity index (χ4v) is 3.16. The third-order valence-corrected chi connectivity index (χ3v) is 5.03. The second kappa shape index (κ2) is 5.66. The van der Waals surface area contributed by atoms with Crippen LogP contribution >= 0.6 is 0 Å². The molecule has 3 rings (SSSR count). The third kappa shape index (κ3) is 2.92. The quantitative estimate of drug-likeness (QED) is 0.736. The van der Waals surface area contributed by atoms with E-state index in [0.29, 0.717) is 4.90 Å². The first-order chi connectivity index (χ1) is 10.9. The van der Waals surface area contributed by atoms with Crippen molar-refractivity contribution in [3.8, 4) is 11.6 Å². The lowest BCUT2D eigenvalue weighted by atomic mass is 10.1. The Morgan fingerprint density at radius 1 is 1.00 bits per heavy atom. The Balaban J connectivity index is 1.97. The predicted octanol–water partition coefficient (Wildman–Crippen LogP) is 2.30. The van der Waals surface area contributed by atoms with Gasteiger partial charge in [0.2, 0.25) is 0 Å². The van der Waals surface area contributed by atoms with Crippen molar-refractivity contribution in [2.45, 2.75) is 17.9 Å². The van der Waals surface area contributed by atoms with Crippen LogP contribution in [-0.2, 0) is 16.9 Å². The first-order valence-corrected chi connectivity index (χ1v) is 9.07. The van der Waals surface area contributed by atoms with E-state index in [1.807, 2.05) is 47.6 Å². The average molecular weight is 330 g/mol. The number of aryl methyl sites for hydroxylation is 1. The summed E-state index contributed by atoms with van der Waals surface area (Å²) in [6.07, 6.45) is 8.46. The van der Waals surface area contributed by atoms with Gasteiger partial charge in [-0.2, -0.15) is 0 Å². The minimum atomic E-state index is -3.18. The highest BCUT2D eigenvalue weighted by atomic mass is 32.2. The molecule has 0 aliphatic rings. The van der Waals surface area contributed by atoms with E-state index < -0.39 is 9.84 Å². The molecule has 6 nitrogen and oxygen atoms in total. The van der Waals surface area contributed by atoms with Crippen LogP contribution in [-0.4, -0.2) is 33.8 Å². The number of hydrogen-bond acceptors (Lipinski definition) is 4. The van der Waals surface area contributed by atoms with Gasteiger partial charge in [-0.05, 0) is 24.6 Å². The van der Waals surface area contributed by atoms with Gasteiger partial charge in [0.15, 0.2) is 21.5 Å². The van der Waals surface area contributed by atoms with Gasteiger partial charge in [0.05, 0.1) is 10.9 Å². The summed E-state index contributed by atoms with van der Waals surface area (Å²) in [6.45, 7) is 2.05. The Morgan fingerprint density at radius 2 is 1.61 bits per heavy atom. The van der Waals surface area contributed by atoms with Crippen molar-refractivity contribution in [2.75, 3.05) is 6.26 Å². The summed E-state index contributed by atoms with van der Waals surface area (Å²) >= 11 is 0. The summed E-state index contributed by atoms with van der Waals surface area (Å²) in [5, 5.41) is 0. The maximum absolute atomic E-state index is 11.6. The molecule has 0 aliphatic carbocycles. The molecule has 23 heavy (non-hydrogen) atoms. The van der Waals surface area contributed by atoms with Crippen molar-refractivity contribution in [2.24, 2.45) is 7.05 Å². The van der Waals surface area contributed by atoms with Crippen LogP contribution in [0.3, 0.4) is 0 Å². The van der Waals surface area contributed by atoms with Crippen LogP contribution in [0.4, 0.5) is 0 Å². The number of benzene rings is 1. The molecule has 2 aromatic heterocycles. The standard InChI is InChI=1S/C16H18N4O2S/c1-12(13-4-6-14(7-5-13)23(3,21)22)20-11-9-18-16(20)15-17-8-10-19(15)2/h4-12H,1-3H3/t12-/m1/s1. The summed E-state index contributed by atoms with van der Waals surface area (Å²) < 4.78 is 27.1. The van der Waals surface area contributed by atoms with E-state index in [9.17, 15) is 8.42 Å². The highest BCUT2D eigenvalue weighted by Gasteiger charge is 2.17. The Bertz CT molecular complexity index is 923. The number of imidazole rings is 2. The summed E-state index contributed by atoms with van der Waals surface area (Å²) in [7, 11) is -1.26. The van der Waals surface area contributed by atoms with Crippen LogP contribution in [0.2, 0.25) is 0 Å². The van der Waals surface area contributed by atoms with Gasteiger partial charge < -0.3 is 9.13 Å². The molecule has 0 radical (unpaired) electrons. The molecule has 0 amide bonds. The molecule has 0 bridgehead atoms. The van der Waals surface area contributed by atoms with Crippen LogP contribution in [0.15, 0.2) is 53.9 Å². The van der Waals surface area contributed by atoms with Crippen molar-refractivity contribution in [3.05, 3.63) is 54.6 Å². The lowest BCUT2D eigenvalue weighted by Gasteiger charge is -2.17. The van der Waals surface area contributed by atoms with E-state index in [-0.39, 0.29) is 6.04 Å². The van der Waals surface area contributed by atoms with Crippen molar-refractivity contribution >= 4 is 9.84 Å². The molecule has 1 atom stereocenters. The summed E-state index contributed by atoms with van der Waals surface area (Å²) in [6, 6.07) is 6.96. The molecule has 120 valence electrons. The number of rotatable bonds is 4. The van der Waals surface area contributed by atoms with E-state index in [4.69, 9.17) is 0 Å². The predicted molar refractivity (Wildman–Crippen MR) is 87.8 cm³/mol. The van der Waals surface area contributed by atoms with E-state index in [2.05, 4.69) is 9.97 Å². The normalized spacial score (nSPS) is 13.2. The molecule has 3 aromatic rings. The zero-order chi connectivity index (χ0) is 16.6. The molecule has 0 spiro atoms. The maximum atomic E-state index is 11.6. The summed E-state index contributed by atoms with van der Waals surface area (Å²) in [5.41, 5.74) is 1.01. The molecule has 7 heteroatoms. The number of nitrogens with zero attached hydrogens (tertiary/aromatic N) is 4. The van der Waals surface area contributed by atoms with Gasteiger partial charge in [-0.3, -0.25) is 0 Å². The first-order valence-electron chi connectivity index (χ1n) is 7.18. The number of hydrogen-bond donors (Lipinski definition) is 0. The van der Waals surface area contributed by atoms with Crippen molar-refractivity contribution < 1.29 is 8.42 Å². The van der Waals surface area contributed by atoms with Gasteiger partial charge in [0, 0.05) is 38.1 Å². The topological polar surface area (TPSA) is 69.8 Å². The van der Waals surface area contributed by atoms with Crippen LogP contribution in [0.1, 0.15) is 18.5 Å². The largest absolute Gasteiger partial charge is 0.331 e. The van der Waals surface area contributed by atoms with Crippen LogP contribution in [0.25, 0.3) is 11.6 Å². The smallest absolute Gasteiger partial charge is 0.176 e. The minimum absolute atomic E-state index is 0.0119. The average Bonchev–Trinajstić information content (AvgIpc) is 3.14. The highest BCUT2D eigenvalue weighted by molar-refractivity contribution is 7.90. The molecule has 1 aromatic carbocycles. The van der Waals surface area contributed by atoms with Gasteiger partial charge in [-0.1, -0.05) is 12.1 Å². The number of aromatic nitrogens is 4. The molecule has 0 unspecified atom stereocenters. The van der Waals surface area contributed by atoms with Gasteiger partial charge in [0.1, 0.15) is 0 Å². The molecule has 0 saturated carbocycles. The molecule has 0 aliphatic heterocycles. The van der Waals surface area contributed by atoms with Crippen molar-refractivity contribution in [3.63, 3.8) is 0 Å². The SMILES string of the molecule is C[C@H](c1ccc(S(C)(=O)=O)cc1)n1ccnc1-c1nccn1C. The molecular weight excluding hydrogens is 312 g/mol. The Labute approximate surface area is 135 Å². The van der Waals surface area contributed by atoms with Gasteiger partial charge in [-0.25, -0.2) is 18.4 Å². The zero-order valence-corrected chi connectivity index (χ0v) is 14.0. The lowest BCUT2D eigenvalue weighted by Crippen LogP contribution is -2.09. The Kier molecular flexibility index (Phi) is 3.81. The fraction of sp³-hybridized carbons (Fsp3) is 0.250. The first kappa shape index (κ1) is 15.5. The van der Waals surface area contributed by atoms with E-state index in [1.165, 1.54) is 6.26 Å². The summed E-state index contributed by atoms with van der Waals surface area (Å²) in [5.74, 6) is 1.56. The molecular formula is C16H18N4O2S. The van der Waals surface area contributed by atoms with Crippen molar-refractivity contribution in [1.82, 2.24) is 19.1 Å². The second-order valence-electron chi connectivity index (χ2n) is 5.54. The van der Waals surface area contributed by atoms with E-state index >= 15 is 0 Å². The van der Waals surface area contributed by atoms with Crippen LogP contribution < -0.4 is 0 Å². The molecule has 0 N–H and O–H groups in total. The molecule has 0 fully saturated rings. The van der Waals surface area contributed by atoms with Gasteiger partial charge in [0.25, 0.3) is 0 Å². The second-order valence-corrected chi connectivity index (χ2v) is 7.55. The third-order valence-electron chi connectivity index (χ3n) is 3.90. The number of sulfone groups is 1. The molecule has 0 saturated heterocycles. The van der Waals surface area contributed by atoms with Gasteiger partial charge >= 0.3 is 0 Å². The zero-order valence-electron chi connectivity index (χ0n) is 13.2. The highest BCUT2D eigenvalue weighted by Crippen LogP contribution is 2.25. The molecule has 2 heterocycles. The monoisotopic (exact) mass is 330 g/mol. The summed E-state index contributed by atoms with van der Waals surface area (Å²) in [4.78, 5) is 9.07.